The van der Waals surface area contributed by atoms with Crippen LogP contribution in [0.3, 0.4) is 0 Å². The van der Waals surface area contributed by atoms with Crippen molar-refractivity contribution in [3.8, 4) is 0 Å². The summed E-state index contributed by atoms with van der Waals surface area (Å²) in [6.07, 6.45) is 0.664. The first-order valence-electron chi connectivity index (χ1n) is 7.64. The Labute approximate surface area is 123 Å². The van der Waals surface area contributed by atoms with Crippen molar-refractivity contribution in [2.24, 2.45) is 16.6 Å². The van der Waals surface area contributed by atoms with Crippen molar-refractivity contribution < 1.29 is 18.3 Å². The van der Waals surface area contributed by atoms with E-state index in [2.05, 4.69) is 10.3 Å². The Morgan fingerprint density at radius 2 is 1.90 bits per heavy atom. The molecule has 4 nitrogen and oxygen atoms in total. The van der Waals surface area contributed by atoms with Gasteiger partial charge in [-0.05, 0) is 38.5 Å². The summed E-state index contributed by atoms with van der Waals surface area (Å²) < 4.78 is 38.3. The molecular weight excluding hydrogens is 283 g/mol. The molecule has 0 bridgehead atoms. The van der Waals surface area contributed by atoms with E-state index < -0.39 is 17.7 Å². The average Bonchev–Trinajstić information content (AvgIpc) is 2.88. The fraction of sp³-hybridized carbons (Fsp3) is 0.929. The fourth-order valence-corrected chi connectivity index (χ4v) is 3.32. The van der Waals surface area contributed by atoms with Crippen LogP contribution in [0, 0.1) is 5.92 Å². The molecule has 21 heavy (non-hydrogen) atoms. The van der Waals surface area contributed by atoms with Crippen LogP contribution in [0.15, 0.2) is 4.99 Å². The summed E-state index contributed by atoms with van der Waals surface area (Å²) in [5, 5.41) is 13.4. The summed E-state index contributed by atoms with van der Waals surface area (Å²) in [7, 11) is 0. The van der Waals surface area contributed by atoms with Crippen LogP contribution < -0.4 is 11.1 Å². The van der Waals surface area contributed by atoms with Crippen molar-refractivity contribution >= 4 is 5.96 Å². The molecule has 2 unspecified atom stereocenters. The number of aliphatic hydroxyl groups is 1. The third kappa shape index (κ3) is 4.76. The Kier molecular flexibility index (Phi) is 5.01. The maximum absolute atomic E-state index is 12.8. The summed E-state index contributed by atoms with van der Waals surface area (Å²) in [5.41, 5.74) is 4.37. The van der Waals surface area contributed by atoms with E-state index in [9.17, 15) is 18.3 Å². The van der Waals surface area contributed by atoms with Crippen LogP contribution in [0.4, 0.5) is 13.2 Å². The van der Waals surface area contributed by atoms with E-state index in [0.717, 1.165) is 25.7 Å². The van der Waals surface area contributed by atoms with Gasteiger partial charge in [0.05, 0.1) is 18.1 Å². The Morgan fingerprint density at radius 3 is 2.52 bits per heavy atom. The van der Waals surface area contributed by atoms with E-state index >= 15 is 0 Å². The topological polar surface area (TPSA) is 70.6 Å². The highest BCUT2D eigenvalue weighted by Gasteiger charge is 2.46. The average molecular weight is 307 g/mol. The highest BCUT2D eigenvalue weighted by molar-refractivity contribution is 5.78. The number of alkyl halides is 3. The van der Waals surface area contributed by atoms with Crippen LogP contribution in [0.5, 0.6) is 0 Å². The largest absolute Gasteiger partial charge is 0.391 e. The zero-order valence-electron chi connectivity index (χ0n) is 12.1. The molecule has 0 aromatic heterocycles. The quantitative estimate of drug-likeness (QED) is 0.553. The lowest BCUT2D eigenvalue weighted by Gasteiger charge is -2.36. The Morgan fingerprint density at radius 1 is 1.24 bits per heavy atom. The van der Waals surface area contributed by atoms with Gasteiger partial charge in [-0.15, -0.1) is 0 Å². The molecule has 0 radical (unpaired) electrons. The summed E-state index contributed by atoms with van der Waals surface area (Å²) in [5.74, 6) is -1.21. The van der Waals surface area contributed by atoms with E-state index in [1.807, 2.05) is 0 Å². The van der Waals surface area contributed by atoms with Crippen molar-refractivity contribution in [1.82, 2.24) is 5.32 Å². The van der Waals surface area contributed by atoms with Gasteiger partial charge in [0.1, 0.15) is 0 Å². The Hall–Kier alpha value is -0.980. The summed E-state index contributed by atoms with van der Waals surface area (Å²) in [6.45, 7) is -0.0644. The third-order valence-corrected chi connectivity index (χ3v) is 4.53. The minimum absolute atomic E-state index is 0.0644. The van der Waals surface area contributed by atoms with Crippen LogP contribution in [0.25, 0.3) is 0 Å². The molecule has 0 aliphatic heterocycles. The first-order chi connectivity index (χ1) is 9.78. The molecule has 2 rings (SSSR count). The molecule has 0 spiro atoms. The van der Waals surface area contributed by atoms with Crippen molar-refractivity contribution in [3.05, 3.63) is 0 Å². The molecule has 2 aliphatic rings. The number of guanidine groups is 1. The predicted molar refractivity (Wildman–Crippen MR) is 74.8 cm³/mol. The van der Waals surface area contributed by atoms with Crippen LogP contribution in [0.2, 0.25) is 0 Å². The lowest BCUT2D eigenvalue weighted by Crippen LogP contribution is -2.44. The lowest BCUT2D eigenvalue weighted by atomic mass is 9.78. The number of nitrogens with two attached hydrogens (primary N) is 1. The van der Waals surface area contributed by atoms with Crippen molar-refractivity contribution in [2.75, 3.05) is 6.54 Å². The molecule has 0 aromatic carbocycles. The first-order valence-corrected chi connectivity index (χ1v) is 7.64. The summed E-state index contributed by atoms with van der Waals surface area (Å²) in [4.78, 5) is 4.07. The van der Waals surface area contributed by atoms with Gasteiger partial charge in [0, 0.05) is 6.04 Å². The molecule has 7 heteroatoms. The summed E-state index contributed by atoms with van der Waals surface area (Å²) in [6, 6.07) is 0.303. The number of halogens is 3. The second-order valence-corrected chi connectivity index (χ2v) is 6.39. The standard InChI is InChI=1S/C14H24F3N3O/c15-14(16,17)10-4-3-7-13(21,8-10)9-19-12(18)20-11-5-1-2-6-11/h10-11,21H,1-9H2,(H3,18,19,20). The first kappa shape index (κ1) is 16.4. The Bertz CT molecular complexity index is 380. The maximum Gasteiger partial charge on any atom is 0.391 e. The van der Waals surface area contributed by atoms with Gasteiger partial charge < -0.3 is 16.2 Å². The minimum Gasteiger partial charge on any atom is -0.388 e. The third-order valence-electron chi connectivity index (χ3n) is 4.53. The molecule has 4 N–H and O–H groups in total. The van der Waals surface area contributed by atoms with E-state index in [1.54, 1.807) is 0 Å². The normalized spacial score (nSPS) is 32.4. The number of nitrogens with one attached hydrogen (secondary N) is 1. The molecule has 122 valence electrons. The molecule has 0 saturated heterocycles. The molecule has 2 aliphatic carbocycles. The lowest BCUT2D eigenvalue weighted by molar-refractivity contribution is -0.199. The molecule has 2 atom stereocenters. The van der Waals surface area contributed by atoms with Crippen molar-refractivity contribution in [1.29, 1.82) is 0 Å². The second-order valence-electron chi connectivity index (χ2n) is 6.39. The molecule has 0 aromatic rings. The highest BCUT2D eigenvalue weighted by Crippen LogP contribution is 2.41. The molecule has 2 saturated carbocycles. The van der Waals surface area contributed by atoms with Gasteiger partial charge in [0.2, 0.25) is 0 Å². The van der Waals surface area contributed by atoms with E-state index in [4.69, 9.17) is 5.73 Å². The van der Waals surface area contributed by atoms with Crippen LogP contribution in [-0.2, 0) is 0 Å². The Balaban J connectivity index is 1.87. The molecule has 0 heterocycles. The molecule has 2 fully saturated rings. The molecule has 0 amide bonds. The van der Waals surface area contributed by atoms with E-state index in [-0.39, 0.29) is 25.3 Å². The van der Waals surface area contributed by atoms with Crippen LogP contribution >= 0.6 is 0 Å². The van der Waals surface area contributed by atoms with Gasteiger partial charge in [-0.1, -0.05) is 12.8 Å². The van der Waals surface area contributed by atoms with Gasteiger partial charge in [-0.2, -0.15) is 13.2 Å². The zero-order chi connectivity index (χ0) is 15.5. The highest BCUT2D eigenvalue weighted by atomic mass is 19.4. The fourth-order valence-electron chi connectivity index (χ4n) is 3.32. The van der Waals surface area contributed by atoms with Gasteiger partial charge in [-0.3, -0.25) is 4.99 Å². The smallest absolute Gasteiger partial charge is 0.388 e. The van der Waals surface area contributed by atoms with Crippen LogP contribution in [0.1, 0.15) is 51.4 Å². The maximum atomic E-state index is 12.8. The van der Waals surface area contributed by atoms with Crippen molar-refractivity contribution in [3.63, 3.8) is 0 Å². The van der Waals surface area contributed by atoms with Gasteiger partial charge >= 0.3 is 6.18 Å². The number of rotatable bonds is 3. The number of aliphatic imine (C=N–C) groups is 1. The number of hydrogen-bond donors (Lipinski definition) is 3. The van der Waals surface area contributed by atoms with Gasteiger partial charge in [0.25, 0.3) is 0 Å². The van der Waals surface area contributed by atoms with Gasteiger partial charge in [0.15, 0.2) is 5.96 Å². The van der Waals surface area contributed by atoms with E-state index in [0.29, 0.717) is 18.9 Å². The minimum atomic E-state index is -4.24. The SMILES string of the molecule is NC(=NCC1(O)CCCC(C(F)(F)F)C1)NC1CCCC1. The van der Waals surface area contributed by atoms with Gasteiger partial charge in [-0.25, -0.2) is 0 Å². The predicted octanol–water partition coefficient (Wildman–Crippen LogP) is 2.32. The van der Waals surface area contributed by atoms with Crippen LogP contribution in [-0.4, -0.2) is 35.4 Å². The zero-order valence-corrected chi connectivity index (χ0v) is 12.1. The number of hydrogen-bond acceptors (Lipinski definition) is 2. The monoisotopic (exact) mass is 307 g/mol. The molecular formula is C14H24F3N3O. The van der Waals surface area contributed by atoms with Crippen molar-refractivity contribution in [2.45, 2.75) is 69.2 Å². The number of nitrogens with zero attached hydrogens (tertiary/aromatic N) is 1. The van der Waals surface area contributed by atoms with E-state index in [1.165, 1.54) is 0 Å². The second kappa shape index (κ2) is 6.42. The summed E-state index contributed by atoms with van der Waals surface area (Å²) >= 11 is 0.